The Balaban J connectivity index is 2.17. The van der Waals surface area contributed by atoms with Gasteiger partial charge < -0.3 is 0 Å². The second-order valence-electron chi connectivity index (χ2n) is 4.08. The molecule has 1 amide bonds. The minimum absolute atomic E-state index is 0.00583. The number of fused-ring (bicyclic) bond motifs is 1. The summed E-state index contributed by atoms with van der Waals surface area (Å²) in [5.41, 5.74) is 0.837. The highest BCUT2D eigenvalue weighted by Gasteiger charge is 2.32. The predicted octanol–water partition coefficient (Wildman–Crippen LogP) is 2.65. The van der Waals surface area contributed by atoms with Crippen LogP contribution >= 0.6 is 11.3 Å². The van der Waals surface area contributed by atoms with E-state index in [1.54, 1.807) is 17.5 Å². The van der Waals surface area contributed by atoms with Crippen LogP contribution in [0.1, 0.15) is 13.8 Å². The van der Waals surface area contributed by atoms with Crippen LogP contribution in [0.2, 0.25) is 0 Å². The smallest absolute Gasteiger partial charge is 0.257 e. The molecule has 0 radical (unpaired) electrons. The topological polar surface area (TPSA) is 45.6 Å². The zero-order chi connectivity index (χ0) is 12.0. The Kier molecular flexibility index (Phi) is 2.22. The van der Waals surface area contributed by atoms with Gasteiger partial charge in [-0.15, -0.1) is 11.3 Å². The van der Waals surface area contributed by atoms with Gasteiger partial charge in [0.2, 0.25) is 0 Å². The molecule has 0 saturated heterocycles. The standard InChI is InChI=1S/C12H11N3OS/c1-7-8(2)14-15(12(7)16)11-9-4-6-17-10(9)3-5-13-11/h3-7H,1-2H3/t7-/m0/s1. The van der Waals surface area contributed by atoms with Gasteiger partial charge in [0.05, 0.1) is 5.92 Å². The molecular weight excluding hydrogens is 234 g/mol. The molecule has 0 spiro atoms. The normalized spacial score (nSPS) is 20.1. The highest BCUT2D eigenvalue weighted by atomic mass is 32.1. The zero-order valence-electron chi connectivity index (χ0n) is 9.54. The second-order valence-corrected chi connectivity index (χ2v) is 5.03. The Labute approximate surface area is 103 Å². The summed E-state index contributed by atoms with van der Waals surface area (Å²) in [5.74, 6) is 0.483. The van der Waals surface area contributed by atoms with Crippen LogP contribution in [-0.4, -0.2) is 16.6 Å². The molecule has 2 aromatic rings. The zero-order valence-corrected chi connectivity index (χ0v) is 10.4. The summed E-state index contributed by atoms with van der Waals surface area (Å²) in [6.07, 6.45) is 1.72. The highest BCUT2D eigenvalue weighted by Crippen LogP contribution is 2.31. The van der Waals surface area contributed by atoms with Crippen molar-refractivity contribution in [1.29, 1.82) is 0 Å². The van der Waals surface area contributed by atoms with E-state index in [0.29, 0.717) is 5.82 Å². The summed E-state index contributed by atoms with van der Waals surface area (Å²) in [6.45, 7) is 3.74. The number of nitrogens with zero attached hydrogens (tertiary/aromatic N) is 3. The Hall–Kier alpha value is -1.75. The number of carbonyl (C=O) groups excluding carboxylic acids is 1. The Morgan fingerprint density at radius 2 is 2.24 bits per heavy atom. The number of pyridine rings is 1. The number of carbonyl (C=O) groups is 1. The first kappa shape index (κ1) is 10.4. The maximum absolute atomic E-state index is 12.1. The fourth-order valence-corrected chi connectivity index (χ4v) is 2.63. The maximum Gasteiger partial charge on any atom is 0.257 e. The van der Waals surface area contributed by atoms with Crippen molar-refractivity contribution in [2.24, 2.45) is 11.0 Å². The number of hydrogen-bond donors (Lipinski definition) is 0. The number of hydrazone groups is 1. The first-order chi connectivity index (χ1) is 8.18. The number of thiophene rings is 1. The molecule has 86 valence electrons. The van der Waals surface area contributed by atoms with Crippen molar-refractivity contribution in [3.05, 3.63) is 23.7 Å². The monoisotopic (exact) mass is 245 g/mol. The molecule has 3 rings (SSSR count). The van der Waals surface area contributed by atoms with E-state index >= 15 is 0 Å². The lowest BCUT2D eigenvalue weighted by Gasteiger charge is -2.12. The van der Waals surface area contributed by atoms with E-state index in [0.717, 1.165) is 15.8 Å². The lowest BCUT2D eigenvalue weighted by molar-refractivity contribution is -0.119. The van der Waals surface area contributed by atoms with E-state index in [1.165, 1.54) is 5.01 Å². The van der Waals surface area contributed by atoms with E-state index < -0.39 is 0 Å². The fraction of sp³-hybridized carbons (Fsp3) is 0.250. The average molecular weight is 245 g/mol. The molecule has 1 aliphatic rings. The quantitative estimate of drug-likeness (QED) is 0.775. The second kappa shape index (κ2) is 3.63. The lowest BCUT2D eigenvalue weighted by atomic mass is 10.1. The molecule has 17 heavy (non-hydrogen) atoms. The van der Waals surface area contributed by atoms with Crippen molar-refractivity contribution >= 4 is 38.9 Å². The van der Waals surface area contributed by atoms with E-state index in [2.05, 4.69) is 10.1 Å². The van der Waals surface area contributed by atoms with Crippen LogP contribution in [0, 0.1) is 5.92 Å². The van der Waals surface area contributed by atoms with Gasteiger partial charge >= 0.3 is 0 Å². The van der Waals surface area contributed by atoms with E-state index in [4.69, 9.17) is 0 Å². The molecule has 0 aromatic carbocycles. The third-order valence-corrected chi connectivity index (χ3v) is 3.91. The van der Waals surface area contributed by atoms with Crippen LogP contribution in [0.15, 0.2) is 28.8 Å². The Bertz CT molecular complexity index is 631. The van der Waals surface area contributed by atoms with Gasteiger partial charge in [-0.1, -0.05) is 0 Å². The van der Waals surface area contributed by atoms with Crippen LogP contribution in [0.4, 0.5) is 5.82 Å². The van der Waals surface area contributed by atoms with Crippen molar-refractivity contribution in [1.82, 2.24) is 4.98 Å². The average Bonchev–Trinajstić information content (AvgIpc) is 2.89. The van der Waals surface area contributed by atoms with Gasteiger partial charge in [-0.2, -0.15) is 10.1 Å². The molecule has 2 aromatic heterocycles. The molecule has 0 N–H and O–H groups in total. The van der Waals surface area contributed by atoms with E-state index in [9.17, 15) is 4.79 Å². The van der Waals surface area contributed by atoms with Gasteiger partial charge in [0.25, 0.3) is 5.91 Å². The molecular formula is C12H11N3OS. The Morgan fingerprint density at radius 1 is 1.41 bits per heavy atom. The molecule has 0 aliphatic carbocycles. The summed E-state index contributed by atoms with van der Waals surface area (Å²) in [7, 11) is 0. The molecule has 1 atom stereocenters. The van der Waals surface area contributed by atoms with Crippen LogP contribution in [-0.2, 0) is 4.79 Å². The third kappa shape index (κ3) is 1.46. The van der Waals surface area contributed by atoms with Gasteiger partial charge in [-0.05, 0) is 31.4 Å². The molecule has 5 heteroatoms. The largest absolute Gasteiger partial charge is 0.272 e. The number of rotatable bonds is 1. The molecule has 0 saturated carbocycles. The van der Waals surface area contributed by atoms with E-state index in [1.807, 2.05) is 31.4 Å². The minimum atomic E-state index is -0.148. The number of anilines is 1. The third-order valence-electron chi connectivity index (χ3n) is 3.02. The summed E-state index contributed by atoms with van der Waals surface area (Å²) < 4.78 is 1.12. The fourth-order valence-electron chi connectivity index (χ4n) is 1.86. The van der Waals surface area contributed by atoms with Crippen LogP contribution in [0.25, 0.3) is 10.1 Å². The summed E-state index contributed by atoms with van der Waals surface area (Å²) in [5, 5.41) is 8.70. The van der Waals surface area contributed by atoms with Crippen LogP contribution in [0.3, 0.4) is 0 Å². The highest BCUT2D eigenvalue weighted by molar-refractivity contribution is 7.17. The van der Waals surface area contributed by atoms with E-state index in [-0.39, 0.29) is 11.8 Å². The molecule has 3 heterocycles. The minimum Gasteiger partial charge on any atom is -0.272 e. The SMILES string of the molecule is CC1=NN(c2nccc3sccc23)C(=O)[C@H]1C. The summed E-state index contributed by atoms with van der Waals surface area (Å²) >= 11 is 1.64. The van der Waals surface area contributed by atoms with Crippen LogP contribution < -0.4 is 5.01 Å². The molecule has 1 aliphatic heterocycles. The lowest BCUT2D eigenvalue weighted by Crippen LogP contribution is -2.25. The van der Waals surface area contributed by atoms with Crippen molar-refractivity contribution in [2.45, 2.75) is 13.8 Å². The maximum atomic E-state index is 12.1. The van der Waals surface area contributed by atoms with Gasteiger partial charge in [0.1, 0.15) is 0 Å². The van der Waals surface area contributed by atoms with Crippen molar-refractivity contribution in [3.63, 3.8) is 0 Å². The predicted molar refractivity (Wildman–Crippen MR) is 69.4 cm³/mol. The first-order valence-corrected chi connectivity index (χ1v) is 6.27. The summed E-state index contributed by atoms with van der Waals surface area (Å²) in [6, 6.07) is 3.92. The number of hydrogen-bond acceptors (Lipinski definition) is 4. The van der Waals surface area contributed by atoms with Gasteiger partial charge in [0.15, 0.2) is 5.82 Å². The first-order valence-electron chi connectivity index (χ1n) is 5.40. The number of amides is 1. The molecule has 4 nitrogen and oxygen atoms in total. The van der Waals surface area contributed by atoms with Crippen molar-refractivity contribution in [3.8, 4) is 0 Å². The summed E-state index contributed by atoms with van der Waals surface area (Å²) in [4.78, 5) is 16.3. The van der Waals surface area contributed by atoms with Crippen molar-refractivity contribution < 1.29 is 4.79 Å². The van der Waals surface area contributed by atoms with Gasteiger partial charge in [-0.25, -0.2) is 4.98 Å². The van der Waals surface area contributed by atoms with Crippen molar-refractivity contribution in [2.75, 3.05) is 5.01 Å². The Morgan fingerprint density at radius 3 is 2.94 bits per heavy atom. The molecule has 0 bridgehead atoms. The molecule has 0 fully saturated rings. The van der Waals surface area contributed by atoms with Gasteiger partial charge in [0, 0.05) is 22.0 Å². The number of aromatic nitrogens is 1. The molecule has 0 unspecified atom stereocenters. The van der Waals surface area contributed by atoms with Crippen LogP contribution in [0.5, 0.6) is 0 Å². The van der Waals surface area contributed by atoms with Gasteiger partial charge in [-0.3, -0.25) is 4.79 Å².